The van der Waals surface area contributed by atoms with Crippen molar-refractivity contribution >= 4 is 27.7 Å². The van der Waals surface area contributed by atoms with Gasteiger partial charge in [-0.2, -0.15) is 0 Å². The molecule has 0 bridgehead atoms. The molecule has 3 heterocycles. The Hall–Kier alpha value is -1.28. The molecule has 5 nitrogen and oxygen atoms in total. The summed E-state index contributed by atoms with van der Waals surface area (Å²) in [5.41, 5.74) is 1.01. The first-order valence-electron chi connectivity index (χ1n) is 8.01. The SMILES string of the molecule is Cc1cc(Br)cnc1N1CCOC(C(=O)N2CCC(F)(F)CC2)C1. The predicted molar refractivity (Wildman–Crippen MR) is 89.4 cm³/mol. The van der Waals surface area contributed by atoms with Crippen molar-refractivity contribution in [2.75, 3.05) is 37.7 Å². The number of likely N-dealkylation sites (tertiary alicyclic amines) is 1. The average molecular weight is 404 g/mol. The number of halogens is 3. The van der Waals surface area contributed by atoms with Crippen molar-refractivity contribution < 1.29 is 18.3 Å². The highest BCUT2D eigenvalue weighted by atomic mass is 79.9. The molecule has 2 fully saturated rings. The zero-order valence-corrected chi connectivity index (χ0v) is 15.1. The molecule has 0 aromatic carbocycles. The number of alkyl halides is 2. The number of nitrogens with zero attached hydrogens (tertiary/aromatic N) is 3. The standard InChI is InChI=1S/C16H20BrF2N3O2/c1-11-8-12(17)9-20-14(11)22-6-7-24-13(10-22)15(23)21-4-2-16(18,19)3-5-21/h8-9,13H,2-7,10H2,1H3. The molecule has 0 spiro atoms. The molecule has 0 saturated carbocycles. The third kappa shape index (κ3) is 3.85. The molecule has 1 aromatic heterocycles. The number of hydrogen-bond donors (Lipinski definition) is 0. The number of carbonyl (C=O) groups excluding carboxylic acids is 1. The minimum atomic E-state index is -2.66. The Bertz CT molecular complexity index is 619. The molecule has 1 aromatic rings. The van der Waals surface area contributed by atoms with Crippen LogP contribution in [0.5, 0.6) is 0 Å². The second-order valence-electron chi connectivity index (χ2n) is 6.28. The Kier molecular flexibility index (Phi) is 5.05. The molecule has 2 saturated heterocycles. The van der Waals surface area contributed by atoms with Gasteiger partial charge in [0.1, 0.15) is 5.82 Å². The normalized spacial score (nSPS) is 24.1. The fourth-order valence-corrected chi connectivity index (χ4v) is 3.56. The Morgan fingerprint density at radius 1 is 1.38 bits per heavy atom. The van der Waals surface area contributed by atoms with Crippen LogP contribution in [0.25, 0.3) is 0 Å². The Labute approximate surface area is 148 Å². The molecule has 1 unspecified atom stereocenters. The lowest BCUT2D eigenvalue weighted by Crippen LogP contribution is -2.53. The Morgan fingerprint density at radius 2 is 2.08 bits per heavy atom. The van der Waals surface area contributed by atoms with E-state index in [0.717, 1.165) is 15.9 Å². The number of anilines is 1. The summed E-state index contributed by atoms with van der Waals surface area (Å²) in [5, 5.41) is 0. The molecule has 0 N–H and O–H groups in total. The summed E-state index contributed by atoms with van der Waals surface area (Å²) >= 11 is 3.39. The maximum atomic E-state index is 13.3. The minimum Gasteiger partial charge on any atom is -0.365 e. The second-order valence-corrected chi connectivity index (χ2v) is 7.20. The third-order valence-electron chi connectivity index (χ3n) is 4.47. The number of aryl methyl sites for hydroxylation is 1. The summed E-state index contributed by atoms with van der Waals surface area (Å²) in [6.07, 6.45) is 0.544. The van der Waals surface area contributed by atoms with E-state index in [1.54, 1.807) is 6.20 Å². The van der Waals surface area contributed by atoms with Gasteiger partial charge in [-0.1, -0.05) is 0 Å². The summed E-state index contributed by atoms with van der Waals surface area (Å²) < 4.78 is 33.0. The molecular weight excluding hydrogens is 384 g/mol. The van der Waals surface area contributed by atoms with E-state index in [-0.39, 0.29) is 31.8 Å². The van der Waals surface area contributed by atoms with Crippen LogP contribution in [0, 0.1) is 6.92 Å². The summed E-state index contributed by atoms with van der Waals surface area (Å²) in [7, 11) is 0. The molecule has 0 aliphatic carbocycles. The first kappa shape index (κ1) is 17.5. The van der Waals surface area contributed by atoms with Crippen LogP contribution in [-0.2, 0) is 9.53 Å². The molecule has 3 rings (SSSR count). The predicted octanol–water partition coefficient (Wildman–Crippen LogP) is 2.62. The highest BCUT2D eigenvalue weighted by molar-refractivity contribution is 9.10. The molecule has 1 atom stereocenters. The average Bonchev–Trinajstić information content (AvgIpc) is 2.54. The molecule has 2 aliphatic rings. The molecule has 8 heteroatoms. The molecule has 132 valence electrons. The number of pyridine rings is 1. The van der Waals surface area contributed by atoms with Gasteiger partial charge in [0, 0.05) is 43.1 Å². The first-order chi connectivity index (χ1) is 11.4. The van der Waals surface area contributed by atoms with Crippen LogP contribution in [0.4, 0.5) is 14.6 Å². The molecule has 2 aliphatic heterocycles. The Balaban J connectivity index is 1.66. The second kappa shape index (κ2) is 6.92. The number of rotatable bonds is 2. The van der Waals surface area contributed by atoms with Crippen molar-refractivity contribution in [2.24, 2.45) is 0 Å². The van der Waals surface area contributed by atoms with Gasteiger partial charge in [0.2, 0.25) is 0 Å². The number of ether oxygens (including phenoxy) is 1. The van der Waals surface area contributed by atoms with E-state index >= 15 is 0 Å². The zero-order chi connectivity index (χ0) is 17.3. The minimum absolute atomic E-state index is 0.0846. The van der Waals surface area contributed by atoms with Gasteiger partial charge < -0.3 is 14.5 Å². The van der Waals surface area contributed by atoms with Crippen LogP contribution in [0.15, 0.2) is 16.7 Å². The van der Waals surface area contributed by atoms with Crippen molar-refractivity contribution in [2.45, 2.75) is 31.8 Å². The van der Waals surface area contributed by atoms with Crippen molar-refractivity contribution in [3.8, 4) is 0 Å². The maximum Gasteiger partial charge on any atom is 0.253 e. The summed E-state index contributed by atoms with van der Waals surface area (Å²) in [5.74, 6) is -2.04. The summed E-state index contributed by atoms with van der Waals surface area (Å²) in [6.45, 7) is 3.59. The fraction of sp³-hybridized carbons (Fsp3) is 0.625. The van der Waals surface area contributed by atoms with E-state index in [9.17, 15) is 13.6 Å². The molecule has 1 amide bonds. The van der Waals surface area contributed by atoms with Gasteiger partial charge in [-0.25, -0.2) is 13.8 Å². The van der Waals surface area contributed by atoms with Crippen LogP contribution < -0.4 is 4.90 Å². The van der Waals surface area contributed by atoms with Crippen molar-refractivity contribution in [1.82, 2.24) is 9.88 Å². The van der Waals surface area contributed by atoms with Gasteiger partial charge in [0.15, 0.2) is 6.10 Å². The topological polar surface area (TPSA) is 45.7 Å². The van der Waals surface area contributed by atoms with Gasteiger partial charge in [-0.3, -0.25) is 4.79 Å². The van der Waals surface area contributed by atoms with E-state index < -0.39 is 12.0 Å². The number of aromatic nitrogens is 1. The molecular formula is C16H20BrF2N3O2. The molecule has 0 radical (unpaired) electrons. The van der Waals surface area contributed by atoms with Crippen molar-refractivity contribution in [3.63, 3.8) is 0 Å². The van der Waals surface area contributed by atoms with E-state index in [4.69, 9.17) is 4.74 Å². The fourth-order valence-electron chi connectivity index (χ4n) is 3.11. The van der Waals surface area contributed by atoms with Gasteiger partial charge in [0.05, 0.1) is 13.2 Å². The highest BCUT2D eigenvalue weighted by Crippen LogP contribution is 2.29. The van der Waals surface area contributed by atoms with E-state index in [2.05, 4.69) is 20.9 Å². The summed E-state index contributed by atoms with van der Waals surface area (Å²) in [6, 6.07) is 1.97. The van der Waals surface area contributed by atoms with Gasteiger partial charge in [-0.15, -0.1) is 0 Å². The quantitative estimate of drug-likeness (QED) is 0.761. The van der Waals surface area contributed by atoms with Gasteiger partial charge >= 0.3 is 0 Å². The van der Waals surface area contributed by atoms with Crippen molar-refractivity contribution in [1.29, 1.82) is 0 Å². The van der Waals surface area contributed by atoms with E-state index in [1.807, 2.05) is 17.9 Å². The van der Waals surface area contributed by atoms with Crippen LogP contribution in [0.1, 0.15) is 18.4 Å². The van der Waals surface area contributed by atoms with Crippen LogP contribution >= 0.6 is 15.9 Å². The first-order valence-corrected chi connectivity index (χ1v) is 8.80. The zero-order valence-electron chi connectivity index (χ0n) is 13.5. The van der Waals surface area contributed by atoms with Crippen molar-refractivity contribution in [3.05, 3.63) is 22.3 Å². The van der Waals surface area contributed by atoms with Gasteiger partial charge in [-0.05, 0) is 34.5 Å². The number of amides is 1. The number of morpholine rings is 1. The van der Waals surface area contributed by atoms with E-state index in [0.29, 0.717) is 19.7 Å². The largest absolute Gasteiger partial charge is 0.365 e. The lowest BCUT2D eigenvalue weighted by Gasteiger charge is -2.38. The Morgan fingerprint density at radius 3 is 2.75 bits per heavy atom. The van der Waals surface area contributed by atoms with E-state index in [1.165, 1.54) is 4.90 Å². The number of piperidine rings is 1. The lowest BCUT2D eigenvalue weighted by molar-refractivity contribution is -0.150. The lowest BCUT2D eigenvalue weighted by atomic mass is 10.1. The smallest absolute Gasteiger partial charge is 0.253 e. The monoisotopic (exact) mass is 403 g/mol. The van der Waals surface area contributed by atoms with Crippen LogP contribution in [-0.4, -0.2) is 60.6 Å². The molecule has 24 heavy (non-hydrogen) atoms. The number of carbonyl (C=O) groups is 1. The van der Waals surface area contributed by atoms with Crippen LogP contribution in [0.3, 0.4) is 0 Å². The van der Waals surface area contributed by atoms with Crippen LogP contribution in [0.2, 0.25) is 0 Å². The third-order valence-corrected chi connectivity index (χ3v) is 4.90. The van der Waals surface area contributed by atoms with Gasteiger partial charge in [0.25, 0.3) is 11.8 Å². The maximum absolute atomic E-state index is 13.3. The highest BCUT2D eigenvalue weighted by Gasteiger charge is 2.38. The number of hydrogen-bond acceptors (Lipinski definition) is 4. The summed E-state index contributed by atoms with van der Waals surface area (Å²) in [4.78, 5) is 20.5.